The summed E-state index contributed by atoms with van der Waals surface area (Å²) in [5, 5.41) is 27.7. The summed E-state index contributed by atoms with van der Waals surface area (Å²) in [6.07, 6.45) is -0.368. The standard InChI is InChI=1S/C18H24ClN5O7S/c19-10-1-3-11(4-2-10)23-18(31)22-9-32-8-13(16(28)21-7-15(26)27)24-14(25)6-5-12(20)17(29)30/h1-4,12-13H,5-9,20H2,(H,21,28)(H,24,25)(H,26,27)(H,29,30)(H2,22,23,31)/t12-,13-/m0/s1. The van der Waals surface area contributed by atoms with Crippen molar-refractivity contribution in [3.8, 4) is 0 Å². The van der Waals surface area contributed by atoms with E-state index in [9.17, 15) is 24.0 Å². The van der Waals surface area contributed by atoms with Gasteiger partial charge in [-0.1, -0.05) is 11.6 Å². The Kier molecular flexibility index (Phi) is 11.9. The molecule has 14 heteroatoms. The first-order chi connectivity index (χ1) is 15.1. The molecule has 1 rings (SSSR count). The quantitative estimate of drug-likeness (QED) is 0.147. The van der Waals surface area contributed by atoms with Gasteiger partial charge in [0.15, 0.2) is 0 Å². The van der Waals surface area contributed by atoms with Crippen LogP contribution in [0.1, 0.15) is 12.8 Å². The molecule has 32 heavy (non-hydrogen) atoms. The van der Waals surface area contributed by atoms with Gasteiger partial charge in [-0.05, 0) is 30.7 Å². The third-order valence-corrected chi connectivity index (χ3v) is 4.96. The average Bonchev–Trinajstić information content (AvgIpc) is 2.73. The van der Waals surface area contributed by atoms with Gasteiger partial charge in [0.25, 0.3) is 0 Å². The second-order valence-corrected chi connectivity index (χ2v) is 7.83. The minimum absolute atomic E-state index is 0.0173. The maximum atomic E-state index is 12.2. The first kappa shape index (κ1) is 27.0. The molecular weight excluding hydrogens is 466 g/mol. The summed E-state index contributed by atoms with van der Waals surface area (Å²) in [7, 11) is 0. The number of carbonyl (C=O) groups is 5. The number of anilines is 1. The van der Waals surface area contributed by atoms with Crippen LogP contribution in [-0.4, -0.2) is 70.3 Å². The number of hydrogen-bond donors (Lipinski definition) is 7. The SMILES string of the molecule is N[C@@H](CCC(=O)N[C@@H](CSCNC(=O)Nc1ccc(Cl)cc1)C(=O)NCC(=O)O)C(=O)O. The van der Waals surface area contributed by atoms with Gasteiger partial charge in [-0.25, -0.2) is 4.79 Å². The molecule has 0 bridgehead atoms. The van der Waals surface area contributed by atoms with E-state index in [0.717, 1.165) is 11.8 Å². The fourth-order valence-corrected chi connectivity index (χ4v) is 3.09. The normalized spacial score (nSPS) is 12.2. The number of hydrogen-bond acceptors (Lipinski definition) is 7. The molecule has 0 aromatic heterocycles. The molecule has 0 saturated heterocycles. The number of nitrogens with two attached hydrogens (primary N) is 1. The molecule has 0 unspecified atom stereocenters. The lowest BCUT2D eigenvalue weighted by atomic mass is 10.1. The van der Waals surface area contributed by atoms with Crippen molar-refractivity contribution in [2.45, 2.75) is 24.9 Å². The third kappa shape index (κ3) is 11.4. The lowest BCUT2D eigenvalue weighted by Crippen LogP contribution is -2.49. The van der Waals surface area contributed by atoms with E-state index in [1.807, 2.05) is 0 Å². The van der Waals surface area contributed by atoms with E-state index < -0.39 is 48.4 Å². The molecule has 0 spiro atoms. The van der Waals surface area contributed by atoms with Gasteiger partial charge in [-0.2, -0.15) is 0 Å². The number of carbonyl (C=O) groups excluding carboxylic acids is 3. The number of carboxylic acids is 2. The molecule has 0 aliphatic heterocycles. The highest BCUT2D eigenvalue weighted by Crippen LogP contribution is 2.13. The Balaban J connectivity index is 2.51. The van der Waals surface area contributed by atoms with Gasteiger partial charge in [0.1, 0.15) is 18.6 Å². The molecule has 0 radical (unpaired) electrons. The van der Waals surface area contributed by atoms with Gasteiger partial charge < -0.3 is 37.2 Å². The topological polar surface area (TPSA) is 200 Å². The zero-order valence-corrected chi connectivity index (χ0v) is 18.4. The minimum Gasteiger partial charge on any atom is -0.480 e. The molecule has 0 fully saturated rings. The number of benzene rings is 1. The number of aliphatic carboxylic acids is 2. The Labute approximate surface area is 192 Å². The number of halogens is 1. The maximum Gasteiger partial charge on any atom is 0.322 e. The van der Waals surface area contributed by atoms with Gasteiger partial charge in [-0.15, -0.1) is 11.8 Å². The summed E-state index contributed by atoms with van der Waals surface area (Å²) in [6.45, 7) is -0.637. The van der Waals surface area contributed by atoms with E-state index in [0.29, 0.717) is 10.7 Å². The first-order valence-electron chi connectivity index (χ1n) is 9.24. The number of nitrogens with one attached hydrogen (secondary N) is 4. The van der Waals surface area contributed by atoms with Crippen molar-refractivity contribution in [1.29, 1.82) is 0 Å². The Bertz CT molecular complexity index is 824. The largest absolute Gasteiger partial charge is 0.480 e. The van der Waals surface area contributed by atoms with Crippen molar-refractivity contribution in [3.05, 3.63) is 29.3 Å². The summed E-state index contributed by atoms with van der Waals surface area (Å²) in [5.74, 6) is -3.77. The summed E-state index contributed by atoms with van der Waals surface area (Å²) >= 11 is 6.87. The van der Waals surface area contributed by atoms with Crippen molar-refractivity contribution in [2.75, 3.05) is 23.5 Å². The molecule has 0 saturated carbocycles. The van der Waals surface area contributed by atoms with Crippen LogP contribution in [0.2, 0.25) is 5.02 Å². The van der Waals surface area contributed by atoms with Crippen LogP contribution in [0, 0.1) is 0 Å². The van der Waals surface area contributed by atoms with Gasteiger partial charge in [0.2, 0.25) is 11.8 Å². The third-order valence-electron chi connectivity index (χ3n) is 3.79. The molecule has 1 aromatic carbocycles. The summed E-state index contributed by atoms with van der Waals surface area (Å²) in [6, 6.07) is 3.62. The predicted octanol–water partition coefficient (Wildman–Crippen LogP) is 0.0299. The summed E-state index contributed by atoms with van der Waals surface area (Å²) in [5.41, 5.74) is 5.87. The van der Waals surface area contributed by atoms with Crippen molar-refractivity contribution in [2.24, 2.45) is 5.73 Å². The van der Waals surface area contributed by atoms with Crippen LogP contribution in [0.5, 0.6) is 0 Å². The molecule has 8 N–H and O–H groups in total. The Morgan fingerprint density at radius 1 is 1.06 bits per heavy atom. The minimum atomic E-state index is -1.26. The van der Waals surface area contributed by atoms with Crippen LogP contribution in [0.15, 0.2) is 24.3 Å². The lowest BCUT2D eigenvalue weighted by molar-refractivity contribution is -0.139. The Hall–Kier alpha value is -3.03. The molecule has 1 aromatic rings. The number of thioether (sulfide) groups is 1. The van der Waals surface area contributed by atoms with Crippen LogP contribution < -0.4 is 27.0 Å². The smallest absolute Gasteiger partial charge is 0.322 e. The fraction of sp³-hybridized carbons (Fsp3) is 0.389. The summed E-state index contributed by atoms with van der Waals surface area (Å²) < 4.78 is 0. The highest BCUT2D eigenvalue weighted by molar-refractivity contribution is 7.99. The Morgan fingerprint density at radius 3 is 2.31 bits per heavy atom. The molecule has 0 aliphatic rings. The second kappa shape index (κ2) is 14.1. The van der Waals surface area contributed by atoms with E-state index in [1.165, 1.54) is 0 Å². The molecule has 2 atom stereocenters. The second-order valence-electron chi connectivity index (χ2n) is 6.37. The van der Waals surface area contributed by atoms with Crippen LogP contribution in [0.25, 0.3) is 0 Å². The number of amides is 4. The zero-order chi connectivity index (χ0) is 24.1. The van der Waals surface area contributed by atoms with Crippen molar-refractivity contribution < 1.29 is 34.2 Å². The van der Waals surface area contributed by atoms with Crippen molar-refractivity contribution in [1.82, 2.24) is 16.0 Å². The van der Waals surface area contributed by atoms with Crippen molar-refractivity contribution in [3.63, 3.8) is 0 Å². The van der Waals surface area contributed by atoms with E-state index in [-0.39, 0.29) is 24.5 Å². The van der Waals surface area contributed by atoms with Crippen LogP contribution >= 0.6 is 23.4 Å². The number of carboxylic acid groups (broad SMARTS) is 2. The van der Waals surface area contributed by atoms with Gasteiger partial charge >= 0.3 is 18.0 Å². The predicted molar refractivity (Wildman–Crippen MR) is 118 cm³/mol. The number of urea groups is 1. The highest BCUT2D eigenvalue weighted by Gasteiger charge is 2.22. The van der Waals surface area contributed by atoms with Crippen LogP contribution in [0.3, 0.4) is 0 Å². The first-order valence-corrected chi connectivity index (χ1v) is 10.8. The molecule has 4 amide bonds. The Morgan fingerprint density at radius 2 is 1.72 bits per heavy atom. The molecule has 0 heterocycles. The monoisotopic (exact) mass is 489 g/mol. The highest BCUT2D eigenvalue weighted by atomic mass is 35.5. The van der Waals surface area contributed by atoms with E-state index >= 15 is 0 Å². The van der Waals surface area contributed by atoms with E-state index in [1.54, 1.807) is 24.3 Å². The van der Waals surface area contributed by atoms with Gasteiger partial charge in [0.05, 0.1) is 5.88 Å². The van der Waals surface area contributed by atoms with Crippen molar-refractivity contribution >= 4 is 58.8 Å². The van der Waals surface area contributed by atoms with Gasteiger partial charge in [0, 0.05) is 22.9 Å². The van der Waals surface area contributed by atoms with E-state index in [4.69, 9.17) is 27.5 Å². The molecule has 0 aliphatic carbocycles. The van der Waals surface area contributed by atoms with Gasteiger partial charge in [-0.3, -0.25) is 19.2 Å². The van der Waals surface area contributed by atoms with Crippen LogP contribution in [-0.2, 0) is 19.2 Å². The van der Waals surface area contributed by atoms with Crippen LogP contribution in [0.4, 0.5) is 10.5 Å². The molecular formula is C18H24ClN5O7S. The fourth-order valence-electron chi connectivity index (χ4n) is 2.15. The number of rotatable bonds is 13. The average molecular weight is 490 g/mol. The molecule has 12 nitrogen and oxygen atoms in total. The maximum absolute atomic E-state index is 12.2. The zero-order valence-electron chi connectivity index (χ0n) is 16.8. The van der Waals surface area contributed by atoms with E-state index in [2.05, 4.69) is 21.3 Å². The molecule has 176 valence electrons. The lowest BCUT2D eigenvalue weighted by Gasteiger charge is -2.18. The summed E-state index contributed by atoms with van der Waals surface area (Å²) in [4.78, 5) is 57.5.